The molecule has 1 aromatic carbocycles. The van der Waals surface area contributed by atoms with Gasteiger partial charge in [-0.05, 0) is 40.5 Å². The number of benzene rings is 1. The molecule has 1 heterocycles. The average molecular weight is 311 g/mol. The zero-order chi connectivity index (χ0) is 13.1. The number of carbonyl (C=O) groups is 1. The number of aromatic nitrogens is 2. The van der Waals surface area contributed by atoms with E-state index in [9.17, 15) is 9.18 Å². The van der Waals surface area contributed by atoms with Crippen molar-refractivity contribution in [1.29, 1.82) is 0 Å². The zero-order valence-corrected chi connectivity index (χ0v) is 11.4. The van der Waals surface area contributed by atoms with E-state index in [2.05, 4.69) is 21.0 Å². The highest BCUT2D eigenvalue weighted by molar-refractivity contribution is 9.10. The van der Waals surface area contributed by atoms with Crippen LogP contribution in [0, 0.1) is 5.82 Å². The third-order valence-electron chi connectivity index (χ3n) is 2.56. The minimum atomic E-state index is -0.334. The Labute approximate surface area is 113 Å². The lowest BCUT2D eigenvalue weighted by Gasteiger charge is -2.00. The first-order valence-corrected chi connectivity index (χ1v) is 6.43. The lowest BCUT2D eigenvalue weighted by Crippen LogP contribution is -1.96. The van der Waals surface area contributed by atoms with E-state index in [0.29, 0.717) is 15.7 Å². The molecule has 0 fully saturated rings. The molecule has 0 radical (unpaired) electrons. The third-order valence-corrected chi connectivity index (χ3v) is 3.17. The number of aldehydes is 1. The van der Waals surface area contributed by atoms with Crippen molar-refractivity contribution in [3.05, 3.63) is 40.2 Å². The molecule has 0 amide bonds. The van der Waals surface area contributed by atoms with E-state index in [-0.39, 0.29) is 5.82 Å². The van der Waals surface area contributed by atoms with E-state index in [0.717, 1.165) is 24.8 Å². The van der Waals surface area contributed by atoms with Gasteiger partial charge < -0.3 is 0 Å². The Balaban J connectivity index is 2.48. The summed E-state index contributed by atoms with van der Waals surface area (Å²) in [7, 11) is 0. The van der Waals surface area contributed by atoms with Gasteiger partial charge in [0.2, 0.25) is 0 Å². The predicted molar refractivity (Wildman–Crippen MR) is 71.0 cm³/mol. The Morgan fingerprint density at radius 3 is 2.89 bits per heavy atom. The lowest BCUT2D eigenvalue weighted by atomic mass is 10.1. The Morgan fingerprint density at radius 2 is 2.28 bits per heavy atom. The van der Waals surface area contributed by atoms with Crippen LogP contribution in [0.5, 0.6) is 0 Å². The summed E-state index contributed by atoms with van der Waals surface area (Å²) in [5.41, 5.74) is 1.82. The van der Waals surface area contributed by atoms with Gasteiger partial charge in [0.05, 0.1) is 10.0 Å². The van der Waals surface area contributed by atoms with Crippen molar-refractivity contribution in [3.8, 4) is 11.3 Å². The van der Waals surface area contributed by atoms with Crippen LogP contribution in [0.2, 0.25) is 0 Å². The fourth-order valence-corrected chi connectivity index (χ4v) is 2.11. The number of carbonyl (C=O) groups excluding carboxylic acids is 1. The monoisotopic (exact) mass is 310 g/mol. The van der Waals surface area contributed by atoms with E-state index < -0.39 is 0 Å². The third kappa shape index (κ3) is 2.51. The fraction of sp³-hybridized carbons (Fsp3) is 0.231. The van der Waals surface area contributed by atoms with Crippen LogP contribution in [0.4, 0.5) is 4.39 Å². The molecule has 0 aliphatic carbocycles. The van der Waals surface area contributed by atoms with Crippen molar-refractivity contribution < 1.29 is 9.18 Å². The molecule has 0 saturated carbocycles. The highest BCUT2D eigenvalue weighted by Gasteiger charge is 2.12. The number of aryl methyl sites for hydroxylation is 1. The first kappa shape index (κ1) is 13.0. The van der Waals surface area contributed by atoms with Gasteiger partial charge in [0, 0.05) is 18.3 Å². The molecular weight excluding hydrogens is 299 g/mol. The smallest absolute Gasteiger partial charge is 0.153 e. The molecule has 5 heteroatoms. The minimum Gasteiger partial charge on any atom is -0.298 e. The summed E-state index contributed by atoms with van der Waals surface area (Å²) in [6.45, 7) is 2.79. The van der Waals surface area contributed by atoms with Gasteiger partial charge >= 0.3 is 0 Å². The Bertz CT molecular complexity index is 580. The Kier molecular flexibility index (Phi) is 3.91. The summed E-state index contributed by atoms with van der Waals surface area (Å²) in [6, 6.07) is 4.60. The Morgan fingerprint density at radius 1 is 1.50 bits per heavy atom. The lowest BCUT2D eigenvalue weighted by molar-refractivity contribution is 0.112. The van der Waals surface area contributed by atoms with E-state index in [1.54, 1.807) is 23.0 Å². The first-order chi connectivity index (χ1) is 8.65. The summed E-state index contributed by atoms with van der Waals surface area (Å²) >= 11 is 3.13. The predicted octanol–water partition coefficient (Wildman–Crippen LogP) is 3.67. The van der Waals surface area contributed by atoms with Crippen LogP contribution in [-0.4, -0.2) is 16.1 Å². The molecule has 3 nitrogen and oxygen atoms in total. The molecule has 2 rings (SSSR count). The first-order valence-electron chi connectivity index (χ1n) is 5.63. The summed E-state index contributed by atoms with van der Waals surface area (Å²) in [5.74, 6) is -0.334. The van der Waals surface area contributed by atoms with Gasteiger partial charge in [-0.1, -0.05) is 6.92 Å². The van der Waals surface area contributed by atoms with Crippen LogP contribution in [0.1, 0.15) is 23.7 Å². The molecule has 0 saturated heterocycles. The molecular formula is C13H12BrFN2O. The van der Waals surface area contributed by atoms with Gasteiger partial charge in [-0.25, -0.2) is 4.39 Å². The molecule has 2 aromatic rings. The number of rotatable bonds is 4. The van der Waals surface area contributed by atoms with Crippen LogP contribution in [0.25, 0.3) is 11.3 Å². The largest absolute Gasteiger partial charge is 0.298 e. The second-order valence-electron chi connectivity index (χ2n) is 3.94. The maximum Gasteiger partial charge on any atom is 0.153 e. The van der Waals surface area contributed by atoms with Crippen molar-refractivity contribution in [2.24, 2.45) is 0 Å². The summed E-state index contributed by atoms with van der Waals surface area (Å²) in [4.78, 5) is 11.0. The minimum absolute atomic E-state index is 0.334. The summed E-state index contributed by atoms with van der Waals surface area (Å²) in [5, 5.41) is 4.35. The average Bonchev–Trinajstić information content (AvgIpc) is 2.76. The second-order valence-corrected chi connectivity index (χ2v) is 4.80. The fourth-order valence-electron chi connectivity index (χ4n) is 1.73. The van der Waals surface area contributed by atoms with Crippen molar-refractivity contribution in [2.75, 3.05) is 0 Å². The quantitative estimate of drug-likeness (QED) is 0.808. The van der Waals surface area contributed by atoms with Gasteiger partial charge in [-0.3, -0.25) is 9.48 Å². The van der Waals surface area contributed by atoms with E-state index in [1.165, 1.54) is 6.07 Å². The normalized spacial score (nSPS) is 10.6. The van der Waals surface area contributed by atoms with Gasteiger partial charge in [0.15, 0.2) is 6.29 Å². The maximum absolute atomic E-state index is 13.2. The van der Waals surface area contributed by atoms with Gasteiger partial charge in [0.25, 0.3) is 0 Å². The molecule has 0 bridgehead atoms. The van der Waals surface area contributed by atoms with Crippen molar-refractivity contribution in [2.45, 2.75) is 19.9 Å². The number of halogens is 2. The highest BCUT2D eigenvalue weighted by atomic mass is 79.9. The topological polar surface area (TPSA) is 34.9 Å². The zero-order valence-electron chi connectivity index (χ0n) is 9.86. The van der Waals surface area contributed by atoms with Gasteiger partial charge in [-0.15, -0.1) is 0 Å². The van der Waals surface area contributed by atoms with E-state index in [4.69, 9.17) is 0 Å². The van der Waals surface area contributed by atoms with Crippen molar-refractivity contribution >= 4 is 22.2 Å². The van der Waals surface area contributed by atoms with Crippen LogP contribution in [-0.2, 0) is 6.54 Å². The van der Waals surface area contributed by atoms with E-state index >= 15 is 0 Å². The number of nitrogens with zero attached hydrogens (tertiary/aromatic N) is 2. The molecule has 18 heavy (non-hydrogen) atoms. The molecule has 0 unspecified atom stereocenters. The van der Waals surface area contributed by atoms with E-state index in [1.807, 2.05) is 6.92 Å². The van der Waals surface area contributed by atoms with Crippen LogP contribution in [0.3, 0.4) is 0 Å². The van der Waals surface area contributed by atoms with Crippen LogP contribution < -0.4 is 0 Å². The molecule has 0 aliphatic heterocycles. The summed E-state index contributed by atoms with van der Waals surface area (Å²) in [6.07, 6.45) is 3.42. The van der Waals surface area contributed by atoms with Crippen molar-refractivity contribution in [3.63, 3.8) is 0 Å². The number of hydrogen-bond donors (Lipinski definition) is 0. The second kappa shape index (κ2) is 5.44. The molecule has 0 aliphatic rings. The number of hydrogen-bond acceptors (Lipinski definition) is 2. The Hall–Kier alpha value is -1.49. The molecule has 0 atom stereocenters. The highest BCUT2D eigenvalue weighted by Crippen LogP contribution is 2.26. The van der Waals surface area contributed by atoms with Crippen LogP contribution >= 0.6 is 15.9 Å². The SMILES string of the molecule is CCCn1cc(C=O)c(-c2ccc(F)c(Br)c2)n1. The van der Waals surface area contributed by atoms with Crippen LogP contribution in [0.15, 0.2) is 28.9 Å². The molecule has 0 N–H and O–H groups in total. The standard InChI is InChI=1S/C13H12BrFN2O/c1-2-5-17-7-10(8-18)13(16-17)9-3-4-12(15)11(14)6-9/h3-4,6-8H,2,5H2,1H3. The molecule has 94 valence electrons. The van der Waals surface area contributed by atoms with Gasteiger partial charge in [0.1, 0.15) is 11.5 Å². The maximum atomic E-state index is 13.2. The molecule has 1 aromatic heterocycles. The summed E-state index contributed by atoms with van der Waals surface area (Å²) < 4.78 is 15.3. The van der Waals surface area contributed by atoms with Crippen molar-refractivity contribution in [1.82, 2.24) is 9.78 Å². The van der Waals surface area contributed by atoms with Gasteiger partial charge in [-0.2, -0.15) is 5.10 Å². The molecule has 0 spiro atoms.